The molecule has 0 aromatic heterocycles. The molecule has 0 saturated carbocycles. The van der Waals surface area contributed by atoms with Crippen LogP contribution in [0, 0.1) is 0 Å². The van der Waals surface area contributed by atoms with Crippen LogP contribution in [-0.2, 0) is 0 Å². The third-order valence-electron chi connectivity index (χ3n) is 1.13. The van der Waals surface area contributed by atoms with Gasteiger partial charge in [-0.3, -0.25) is 0 Å². The van der Waals surface area contributed by atoms with Gasteiger partial charge in [0, 0.05) is 7.05 Å². The molecule has 0 spiro atoms. The number of rotatable bonds is 3. The lowest BCUT2D eigenvalue weighted by Gasteiger charge is -2.02. The largest absolute Gasteiger partial charge is 0.397 e. The van der Waals surface area contributed by atoms with E-state index in [1.165, 1.54) is 0 Å². The fourth-order valence-electron chi connectivity index (χ4n) is 0.601. The van der Waals surface area contributed by atoms with Crippen LogP contribution in [0.2, 0.25) is 0 Å². The number of likely N-dealkylation sites (N-methyl/N-ethyl adjacent to an activating group) is 1. The molecule has 0 aliphatic heterocycles. The summed E-state index contributed by atoms with van der Waals surface area (Å²) in [6.07, 6.45) is 5.44. The minimum atomic E-state index is 0.667. The number of hydrogen-bond acceptors (Lipinski definition) is 2. The van der Waals surface area contributed by atoms with Gasteiger partial charge in [0.1, 0.15) is 0 Å². The van der Waals surface area contributed by atoms with E-state index in [0.29, 0.717) is 5.70 Å². The molecule has 0 aromatic rings. The Bertz CT molecular complexity index is 166. The minimum absolute atomic E-state index is 0.667. The van der Waals surface area contributed by atoms with Crippen molar-refractivity contribution in [1.29, 1.82) is 0 Å². The first-order valence-corrected chi connectivity index (χ1v) is 3.18. The number of hydrogen-bond donors (Lipinski definition) is 2. The predicted octanol–water partition coefficient (Wildman–Crippen LogP) is 1.14. The molecule has 0 aliphatic rings. The van der Waals surface area contributed by atoms with Crippen molar-refractivity contribution in [2.45, 2.75) is 6.92 Å². The molecule has 0 unspecified atom stereocenters. The van der Waals surface area contributed by atoms with E-state index < -0.39 is 0 Å². The van der Waals surface area contributed by atoms with Crippen molar-refractivity contribution in [2.24, 2.45) is 5.73 Å². The van der Waals surface area contributed by atoms with Gasteiger partial charge in [-0.15, -0.1) is 0 Å². The maximum absolute atomic E-state index is 5.56. The van der Waals surface area contributed by atoms with Crippen LogP contribution in [-0.4, -0.2) is 7.05 Å². The van der Waals surface area contributed by atoms with Gasteiger partial charge >= 0.3 is 0 Å². The maximum Gasteiger partial charge on any atom is 0.0567 e. The normalized spacial score (nSPS) is 13.0. The van der Waals surface area contributed by atoms with E-state index in [-0.39, 0.29) is 0 Å². The Labute approximate surface area is 62.1 Å². The average molecular weight is 138 g/mol. The van der Waals surface area contributed by atoms with Crippen LogP contribution >= 0.6 is 0 Å². The Morgan fingerprint density at radius 3 is 2.50 bits per heavy atom. The molecular formula is C8H14N2. The van der Waals surface area contributed by atoms with E-state index in [2.05, 4.69) is 11.9 Å². The topological polar surface area (TPSA) is 38.0 Å². The monoisotopic (exact) mass is 138 g/mol. The zero-order valence-electron chi connectivity index (χ0n) is 6.52. The van der Waals surface area contributed by atoms with E-state index in [1.54, 1.807) is 6.08 Å². The summed E-state index contributed by atoms with van der Waals surface area (Å²) in [6, 6.07) is 0. The Hall–Kier alpha value is -1.18. The zero-order chi connectivity index (χ0) is 7.98. The molecular weight excluding hydrogens is 124 g/mol. The van der Waals surface area contributed by atoms with Crippen molar-refractivity contribution in [1.82, 2.24) is 5.32 Å². The molecule has 10 heavy (non-hydrogen) atoms. The molecule has 56 valence electrons. The Morgan fingerprint density at radius 1 is 1.60 bits per heavy atom. The van der Waals surface area contributed by atoms with Crippen molar-refractivity contribution >= 4 is 0 Å². The SMILES string of the molecule is C=C/C(N)=C(\C=C/C)NC. The second kappa shape index (κ2) is 4.68. The summed E-state index contributed by atoms with van der Waals surface area (Å²) in [5.74, 6) is 0. The average Bonchev–Trinajstić information content (AvgIpc) is 1.99. The highest BCUT2D eigenvalue weighted by molar-refractivity contribution is 5.27. The summed E-state index contributed by atoms with van der Waals surface area (Å²) in [5.41, 5.74) is 7.13. The Morgan fingerprint density at radius 2 is 2.20 bits per heavy atom. The molecule has 0 saturated heterocycles. The van der Waals surface area contributed by atoms with Gasteiger partial charge < -0.3 is 11.1 Å². The van der Waals surface area contributed by atoms with Gasteiger partial charge in [0.15, 0.2) is 0 Å². The van der Waals surface area contributed by atoms with Crippen LogP contribution in [0.25, 0.3) is 0 Å². The van der Waals surface area contributed by atoms with Gasteiger partial charge in [0.05, 0.1) is 11.4 Å². The van der Waals surface area contributed by atoms with Gasteiger partial charge in [-0.1, -0.05) is 12.7 Å². The summed E-state index contributed by atoms with van der Waals surface area (Å²) in [6.45, 7) is 5.49. The number of allylic oxidation sites excluding steroid dienone is 3. The Kier molecular flexibility index (Phi) is 4.12. The lowest BCUT2D eigenvalue weighted by Crippen LogP contribution is -2.10. The highest BCUT2D eigenvalue weighted by Gasteiger charge is 1.89. The molecule has 0 fully saturated rings. The molecule has 0 bridgehead atoms. The molecule has 0 radical (unpaired) electrons. The first-order valence-electron chi connectivity index (χ1n) is 3.18. The van der Waals surface area contributed by atoms with Gasteiger partial charge in [0.2, 0.25) is 0 Å². The molecule has 0 atom stereocenters. The zero-order valence-corrected chi connectivity index (χ0v) is 6.52. The number of nitrogens with one attached hydrogen (secondary N) is 1. The van der Waals surface area contributed by atoms with Crippen molar-refractivity contribution < 1.29 is 0 Å². The summed E-state index contributed by atoms with van der Waals surface area (Å²) < 4.78 is 0. The molecule has 2 nitrogen and oxygen atoms in total. The van der Waals surface area contributed by atoms with Gasteiger partial charge in [-0.05, 0) is 19.1 Å². The lowest BCUT2D eigenvalue weighted by atomic mass is 10.3. The van der Waals surface area contributed by atoms with Crippen molar-refractivity contribution in [3.63, 3.8) is 0 Å². The van der Waals surface area contributed by atoms with Gasteiger partial charge in [-0.25, -0.2) is 0 Å². The fourth-order valence-corrected chi connectivity index (χ4v) is 0.601. The first-order chi connectivity index (χ1) is 4.76. The van der Waals surface area contributed by atoms with E-state index >= 15 is 0 Å². The molecule has 0 heterocycles. The van der Waals surface area contributed by atoms with Crippen molar-refractivity contribution in [2.75, 3.05) is 7.05 Å². The first kappa shape index (κ1) is 8.82. The smallest absolute Gasteiger partial charge is 0.0567 e. The van der Waals surface area contributed by atoms with Crippen molar-refractivity contribution in [3.8, 4) is 0 Å². The second-order valence-electron chi connectivity index (χ2n) is 1.82. The Balaban J connectivity index is 4.44. The molecule has 0 rings (SSSR count). The van der Waals surface area contributed by atoms with Gasteiger partial charge in [0.25, 0.3) is 0 Å². The molecule has 2 heteroatoms. The summed E-state index contributed by atoms with van der Waals surface area (Å²) >= 11 is 0. The van der Waals surface area contributed by atoms with E-state index in [1.807, 2.05) is 26.1 Å². The van der Waals surface area contributed by atoms with Crippen LogP contribution in [0.3, 0.4) is 0 Å². The summed E-state index contributed by atoms with van der Waals surface area (Å²) in [4.78, 5) is 0. The highest BCUT2D eigenvalue weighted by Crippen LogP contribution is 1.96. The van der Waals surface area contributed by atoms with E-state index in [9.17, 15) is 0 Å². The molecule has 3 N–H and O–H groups in total. The second-order valence-corrected chi connectivity index (χ2v) is 1.82. The maximum atomic E-state index is 5.56. The lowest BCUT2D eigenvalue weighted by molar-refractivity contribution is 1.00. The van der Waals surface area contributed by atoms with E-state index in [4.69, 9.17) is 5.73 Å². The quantitative estimate of drug-likeness (QED) is 0.574. The van der Waals surface area contributed by atoms with Crippen LogP contribution in [0.4, 0.5) is 0 Å². The predicted molar refractivity (Wildman–Crippen MR) is 45.3 cm³/mol. The third kappa shape index (κ3) is 2.40. The molecule has 0 aromatic carbocycles. The van der Waals surface area contributed by atoms with Crippen LogP contribution in [0.15, 0.2) is 36.2 Å². The van der Waals surface area contributed by atoms with Crippen molar-refractivity contribution in [3.05, 3.63) is 36.2 Å². The van der Waals surface area contributed by atoms with Gasteiger partial charge in [-0.2, -0.15) is 0 Å². The molecule has 0 amide bonds. The highest BCUT2D eigenvalue weighted by atomic mass is 14.8. The standard InChI is InChI=1S/C8H14N2/c1-4-6-8(10-3)7(9)5-2/h4-6,10H,2,9H2,1,3H3/b6-4-,8-7-. The third-order valence-corrected chi connectivity index (χ3v) is 1.13. The summed E-state index contributed by atoms with van der Waals surface area (Å²) in [5, 5.41) is 2.95. The number of nitrogens with two attached hydrogens (primary N) is 1. The van der Waals surface area contributed by atoms with Crippen LogP contribution < -0.4 is 11.1 Å². The minimum Gasteiger partial charge on any atom is -0.397 e. The van der Waals surface area contributed by atoms with Crippen LogP contribution in [0.1, 0.15) is 6.92 Å². The van der Waals surface area contributed by atoms with E-state index in [0.717, 1.165) is 5.70 Å². The fraction of sp³-hybridized carbons (Fsp3) is 0.250. The summed E-state index contributed by atoms with van der Waals surface area (Å²) in [7, 11) is 1.83. The molecule has 0 aliphatic carbocycles. The van der Waals surface area contributed by atoms with Crippen LogP contribution in [0.5, 0.6) is 0 Å².